The average Bonchev–Trinajstić information content (AvgIpc) is 3.68. The number of fused-ring (bicyclic) bond motifs is 10. The van der Waals surface area contributed by atoms with Gasteiger partial charge in [-0.3, -0.25) is 0 Å². The number of hydrogen-bond acceptors (Lipinski definition) is 0. The van der Waals surface area contributed by atoms with E-state index in [2.05, 4.69) is 173 Å². The molecule has 0 saturated heterocycles. The maximum absolute atomic E-state index is 2.50. The van der Waals surface area contributed by atoms with Crippen LogP contribution >= 0.6 is 0 Å². The maximum Gasteiger partial charge on any atom is 0.0159 e. The Hall–Kier alpha value is -5.72. The highest BCUT2D eigenvalue weighted by Gasteiger charge is 2.37. The zero-order valence-corrected chi connectivity index (χ0v) is 28.9. The summed E-state index contributed by atoms with van der Waals surface area (Å²) < 4.78 is 0. The van der Waals surface area contributed by atoms with Crippen molar-refractivity contribution in [2.75, 3.05) is 0 Å². The highest BCUT2D eigenvalue weighted by Crippen LogP contribution is 2.56. The van der Waals surface area contributed by atoms with Crippen molar-refractivity contribution in [2.24, 2.45) is 0 Å². The van der Waals surface area contributed by atoms with Gasteiger partial charge in [0.15, 0.2) is 0 Å². The first-order valence-corrected chi connectivity index (χ1v) is 17.9. The molecule has 0 bridgehead atoms. The molecule has 236 valence electrons. The fourth-order valence-electron chi connectivity index (χ4n) is 9.90. The summed E-state index contributed by atoms with van der Waals surface area (Å²) in [6.45, 7) is 9.50. The minimum absolute atomic E-state index is 0.0295. The van der Waals surface area contributed by atoms with Crippen LogP contribution < -0.4 is 0 Å². The zero-order chi connectivity index (χ0) is 33.5. The van der Waals surface area contributed by atoms with Gasteiger partial charge in [0.25, 0.3) is 0 Å². The van der Waals surface area contributed by atoms with Crippen LogP contribution in [0.2, 0.25) is 0 Å². The SMILES string of the molecule is CC1(C)c2ccccc2-c2ccc(-c3ccc4c(-c5ccc6c(c5)C(C)(C)c5ccccc5-6)c5c(cc4c3)-c3cccc4cccc-5c34)cc21. The van der Waals surface area contributed by atoms with Gasteiger partial charge in [0.1, 0.15) is 0 Å². The third-order valence-electron chi connectivity index (χ3n) is 12.4. The lowest BCUT2D eigenvalue weighted by atomic mass is 9.80. The predicted molar refractivity (Wildman–Crippen MR) is 212 cm³/mol. The second-order valence-corrected chi connectivity index (χ2v) is 15.7. The lowest BCUT2D eigenvalue weighted by Crippen LogP contribution is -2.14. The van der Waals surface area contributed by atoms with Gasteiger partial charge in [-0.05, 0) is 135 Å². The predicted octanol–water partition coefficient (Wildman–Crippen LogP) is 13.6. The Morgan fingerprint density at radius 2 is 0.840 bits per heavy atom. The highest BCUT2D eigenvalue weighted by atomic mass is 14.4. The van der Waals surface area contributed by atoms with Gasteiger partial charge < -0.3 is 0 Å². The van der Waals surface area contributed by atoms with Crippen LogP contribution in [0, 0.1) is 0 Å². The third-order valence-corrected chi connectivity index (χ3v) is 12.4. The molecule has 0 aromatic heterocycles. The van der Waals surface area contributed by atoms with Gasteiger partial charge in [-0.1, -0.05) is 149 Å². The van der Waals surface area contributed by atoms with E-state index in [0.29, 0.717) is 0 Å². The lowest BCUT2D eigenvalue weighted by molar-refractivity contribution is 0.660. The summed E-state index contributed by atoms with van der Waals surface area (Å²) in [5.41, 5.74) is 21.6. The molecule has 0 heterocycles. The van der Waals surface area contributed by atoms with E-state index in [-0.39, 0.29) is 10.8 Å². The normalized spacial score (nSPS) is 15.1. The molecule has 3 aliphatic rings. The van der Waals surface area contributed by atoms with Gasteiger partial charge in [0, 0.05) is 10.8 Å². The fraction of sp³-hybridized carbons (Fsp3) is 0.120. The molecule has 8 aromatic carbocycles. The molecule has 8 aromatic rings. The summed E-state index contributed by atoms with van der Waals surface area (Å²) in [6, 6.07) is 55.5. The molecule has 0 spiro atoms. The van der Waals surface area contributed by atoms with E-state index < -0.39 is 0 Å². The summed E-state index contributed by atoms with van der Waals surface area (Å²) in [6.07, 6.45) is 0. The molecule has 0 fully saturated rings. The Labute approximate surface area is 293 Å². The molecule has 11 rings (SSSR count). The van der Waals surface area contributed by atoms with Crippen LogP contribution in [-0.4, -0.2) is 0 Å². The topological polar surface area (TPSA) is 0 Å². The Morgan fingerprint density at radius 1 is 0.320 bits per heavy atom. The van der Waals surface area contributed by atoms with Crippen LogP contribution in [-0.2, 0) is 10.8 Å². The smallest absolute Gasteiger partial charge is 0.0159 e. The third kappa shape index (κ3) is 3.51. The number of benzene rings is 8. The van der Waals surface area contributed by atoms with Crippen molar-refractivity contribution in [2.45, 2.75) is 38.5 Å². The van der Waals surface area contributed by atoms with Crippen LogP contribution in [0.3, 0.4) is 0 Å². The Balaban J connectivity index is 1.16. The van der Waals surface area contributed by atoms with Crippen molar-refractivity contribution < 1.29 is 0 Å². The van der Waals surface area contributed by atoms with Crippen LogP contribution in [0.4, 0.5) is 0 Å². The average molecular weight is 637 g/mol. The van der Waals surface area contributed by atoms with Gasteiger partial charge in [-0.25, -0.2) is 0 Å². The molecule has 50 heavy (non-hydrogen) atoms. The van der Waals surface area contributed by atoms with Crippen LogP contribution in [0.25, 0.3) is 88.3 Å². The van der Waals surface area contributed by atoms with Crippen molar-refractivity contribution >= 4 is 21.5 Å². The van der Waals surface area contributed by atoms with Crippen molar-refractivity contribution in [1.82, 2.24) is 0 Å². The van der Waals surface area contributed by atoms with E-state index in [9.17, 15) is 0 Å². The minimum Gasteiger partial charge on any atom is -0.0619 e. The zero-order valence-electron chi connectivity index (χ0n) is 28.9. The van der Waals surface area contributed by atoms with E-state index in [1.807, 2.05) is 0 Å². The molecular formula is C50H36. The first-order chi connectivity index (χ1) is 24.3. The van der Waals surface area contributed by atoms with Gasteiger partial charge >= 0.3 is 0 Å². The fourth-order valence-corrected chi connectivity index (χ4v) is 9.90. The van der Waals surface area contributed by atoms with Crippen molar-refractivity contribution in [3.05, 3.63) is 168 Å². The van der Waals surface area contributed by atoms with Crippen LogP contribution in [0.1, 0.15) is 49.9 Å². The van der Waals surface area contributed by atoms with Crippen molar-refractivity contribution in [1.29, 1.82) is 0 Å². The van der Waals surface area contributed by atoms with Gasteiger partial charge in [0.05, 0.1) is 0 Å². The van der Waals surface area contributed by atoms with Gasteiger partial charge in [-0.2, -0.15) is 0 Å². The van der Waals surface area contributed by atoms with Crippen molar-refractivity contribution in [3.8, 4) is 66.8 Å². The van der Waals surface area contributed by atoms with Gasteiger partial charge in [-0.15, -0.1) is 0 Å². The highest BCUT2D eigenvalue weighted by molar-refractivity contribution is 6.22. The molecular weight excluding hydrogens is 601 g/mol. The summed E-state index contributed by atoms with van der Waals surface area (Å²) in [5.74, 6) is 0. The molecule has 0 unspecified atom stereocenters. The van der Waals surface area contributed by atoms with E-state index in [0.717, 1.165) is 0 Å². The molecule has 0 radical (unpaired) electrons. The van der Waals surface area contributed by atoms with E-state index in [1.165, 1.54) is 111 Å². The second-order valence-electron chi connectivity index (χ2n) is 15.7. The first-order valence-electron chi connectivity index (χ1n) is 17.9. The number of rotatable bonds is 2. The minimum atomic E-state index is -0.0627. The molecule has 0 heteroatoms. The van der Waals surface area contributed by atoms with Crippen LogP contribution in [0.15, 0.2) is 146 Å². The van der Waals surface area contributed by atoms with E-state index in [1.54, 1.807) is 0 Å². The van der Waals surface area contributed by atoms with Crippen molar-refractivity contribution in [3.63, 3.8) is 0 Å². The van der Waals surface area contributed by atoms with Crippen LogP contribution in [0.5, 0.6) is 0 Å². The summed E-state index contributed by atoms with van der Waals surface area (Å²) >= 11 is 0. The Kier molecular flexibility index (Phi) is 5.34. The van der Waals surface area contributed by atoms with E-state index in [4.69, 9.17) is 0 Å². The standard InChI is InChI=1S/C50H36/c1-49(2)42-17-7-5-13-35(42)37-23-20-31(27-44(37)49)30-19-22-34-33(25-30)26-41-39-15-9-11-29-12-10-16-40(46(29)39)48(41)47(34)32-21-24-38-36-14-6-8-18-43(36)50(3,4)45(38)28-32/h5-28H,1-4H3. The summed E-state index contributed by atoms with van der Waals surface area (Å²) in [5, 5.41) is 5.27. The molecule has 0 nitrogen and oxygen atoms in total. The maximum atomic E-state index is 2.50. The monoisotopic (exact) mass is 636 g/mol. The molecule has 0 amide bonds. The quantitative estimate of drug-likeness (QED) is 0.177. The molecule has 0 atom stereocenters. The Morgan fingerprint density at radius 3 is 1.52 bits per heavy atom. The molecule has 0 saturated carbocycles. The molecule has 0 aliphatic heterocycles. The molecule has 3 aliphatic carbocycles. The summed E-state index contributed by atoms with van der Waals surface area (Å²) in [4.78, 5) is 0. The Bertz CT molecular complexity index is 2800. The lowest BCUT2D eigenvalue weighted by Gasteiger charge is -2.23. The molecule has 0 N–H and O–H groups in total. The second kappa shape index (κ2) is 9.49. The van der Waals surface area contributed by atoms with E-state index >= 15 is 0 Å². The van der Waals surface area contributed by atoms with Gasteiger partial charge in [0.2, 0.25) is 0 Å². The summed E-state index contributed by atoms with van der Waals surface area (Å²) in [7, 11) is 0. The largest absolute Gasteiger partial charge is 0.0619 e. The first kappa shape index (κ1) is 28.2. The number of hydrogen-bond donors (Lipinski definition) is 0.